The Kier molecular flexibility index (Phi) is 7.83. The van der Waals surface area contributed by atoms with E-state index in [2.05, 4.69) is 19.2 Å². The second-order valence-electron chi connectivity index (χ2n) is 5.93. The first-order valence-corrected chi connectivity index (χ1v) is 7.72. The third-order valence-electron chi connectivity index (χ3n) is 3.23. The lowest BCUT2D eigenvalue weighted by Crippen LogP contribution is -2.25. The summed E-state index contributed by atoms with van der Waals surface area (Å²) >= 11 is 0. The Labute approximate surface area is 128 Å². The minimum absolute atomic E-state index is 0.0317. The average molecular weight is 292 g/mol. The lowest BCUT2D eigenvalue weighted by atomic mass is 10.1. The Hall–Kier alpha value is -1.55. The van der Waals surface area contributed by atoms with Crippen LogP contribution in [-0.2, 0) is 11.3 Å². The van der Waals surface area contributed by atoms with Crippen LogP contribution in [0.1, 0.15) is 45.6 Å². The van der Waals surface area contributed by atoms with Crippen LogP contribution in [0.25, 0.3) is 0 Å². The van der Waals surface area contributed by atoms with Gasteiger partial charge in [0.05, 0.1) is 6.61 Å². The quantitative estimate of drug-likeness (QED) is 0.735. The van der Waals surface area contributed by atoms with Gasteiger partial charge in [-0.2, -0.15) is 0 Å². The molecule has 4 heteroatoms. The maximum absolute atomic E-state index is 11.7. The molecule has 0 aliphatic carbocycles. The van der Waals surface area contributed by atoms with E-state index in [4.69, 9.17) is 10.5 Å². The van der Waals surface area contributed by atoms with E-state index in [0.717, 1.165) is 17.7 Å². The van der Waals surface area contributed by atoms with Gasteiger partial charge in [0.2, 0.25) is 5.91 Å². The maximum Gasteiger partial charge on any atom is 0.220 e. The number of nitrogens with two attached hydrogens (primary N) is 1. The fourth-order valence-corrected chi connectivity index (χ4v) is 1.84. The van der Waals surface area contributed by atoms with E-state index >= 15 is 0 Å². The molecule has 1 rings (SSSR count). The van der Waals surface area contributed by atoms with E-state index < -0.39 is 0 Å². The summed E-state index contributed by atoms with van der Waals surface area (Å²) in [5.41, 5.74) is 6.66. The highest BCUT2D eigenvalue weighted by Crippen LogP contribution is 2.18. The van der Waals surface area contributed by atoms with Gasteiger partial charge in [-0.05, 0) is 31.7 Å². The van der Waals surface area contributed by atoms with Gasteiger partial charge in [0, 0.05) is 24.6 Å². The normalized spacial score (nSPS) is 12.2. The van der Waals surface area contributed by atoms with Gasteiger partial charge in [-0.1, -0.05) is 32.0 Å². The van der Waals surface area contributed by atoms with Crippen molar-refractivity contribution in [1.29, 1.82) is 0 Å². The third kappa shape index (κ3) is 7.71. The Balaban J connectivity index is 2.45. The van der Waals surface area contributed by atoms with E-state index in [0.29, 0.717) is 31.9 Å². The van der Waals surface area contributed by atoms with Gasteiger partial charge < -0.3 is 15.8 Å². The highest BCUT2D eigenvalue weighted by molar-refractivity contribution is 5.75. The van der Waals surface area contributed by atoms with Crippen molar-refractivity contribution in [2.45, 2.75) is 52.6 Å². The van der Waals surface area contributed by atoms with Crippen LogP contribution in [-0.4, -0.2) is 18.6 Å². The van der Waals surface area contributed by atoms with Crippen molar-refractivity contribution in [3.8, 4) is 5.75 Å². The Morgan fingerprint density at radius 2 is 1.95 bits per heavy atom. The number of rotatable bonds is 9. The molecule has 1 unspecified atom stereocenters. The van der Waals surface area contributed by atoms with Crippen molar-refractivity contribution in [2.75, 3.05) is 6.61 Å². The van der Waals surface area contributed by atoms with Crippen LogP contribution in [0.2, 0.25) is 0 Å². The molecule has 1 aromatic rings. The molecule has 0 spiro atoms. The first kappa shape index (κ1) is 17.5. The number of benzene rings is 1. The third-order valence-corrected chi connectivity index (χ3v) is 3.23. The second-order valence-corrected chi connectivity index (χ2v) is 5.93. The Morgan fingerprint density at radius 3 is 2.62 bits per heavy atom. The number of ether oxygens (including phenoxy) is 1. The summed E-state index contributed by atoms with van der Waals surface area (Å²) in [5, 5.41) is 2.92. The van der Waals surface area contributed by atoms with E-state index in [1.54, 1.807) is 0 Å². The lowest BCUT2D eigenvalue weighted by Gasteiger charge is -2.13. The van der Waals surface area contributed by atoms with Crippen LogP contribution >= 0.6 is 0 Å². The SMILES string of the molecule is CC(C)CCOc1ccccc1CNC(=O)CCC(C)N. The fraction of sp³-hybridized carbons (Fsp3) is 0.588. The van der Waals surface area contributed by atoms with E-state index in [1.165, 1.54) is 0 Å². The molecule has 1 aromatic carbocycles. The predicted molar refractivity (Wildman–Crippen MR) is 86.1 cm³/mol. The highest BCUT2D eigenvalue weighted by atomic mass is 16.5. The van der Waals surface area contributed by atoms with Crippen LogP contribution in [0.3, 0.4) is 0 Å². The van der Waals surface area contributed by atoms with Gasteiger partial charge in [0.1, 0.15) is 5.75 Å². The summed E-state index contributed by atoms with van der Waals surface area (Å²) < 4.78 is 5.81. The maximum atomic E-state index is 11.7. The first-order chi connectivity index (χ1) is 9.99. The van der Waals surface area contributed by atoms with Crippen molar-refractivity contribution in [1.82, 2.24) is 5.32 Å². The summed E-state index contributed by atoms with van der Waals surface area (Å²) in [4.78, 5) is 11.7. The van der Waals surface area contributed by atoms with Gasteiger partial charge in [0.15, 0.2) is 0 Å². The fourth-order valence-electron chi connectivity index (χ4n) is 1.84. The number of hydrogen-bond donors (Lipinski definition) is 2. The van der Waals surface area contributed by atoms with Crippen LogP contribution in [0, 0.1) is 5.92 Å². The molecular formula is C17H28N2O2. The molecule has 0 radical (unpaired) electrons. The molecule has 118 valence electrons. The zero-order chi connectivity index (χ0) is 15.7. The molecule has 0 aliphatic rings. The summed E-state index contributed by atoms with van der Waals surface area (Å²) in [6.07, 6.45) is 2.20. The number of hydrogen-bond acceptors (Lipinski definition) is 3. The van der Waals surface area contributed by atoms with Gasteiger partial charge in [0.25, 0.3) is 0 Å². The van der Waals surface area contributed by atoms with Crippen LogP contribution in [0.15, 0.2) is 24.3 Å². The summed E-state index contributed by atoms with van der Waals surface area (Å²) in [7, 11) is 0. The number of para-hydroxylation sites is 1. The minimum atomic E-state index is 0.0317. The first-order valence-electron chi connectivity index (χ1n) is 7.72. The molecule has 0 saturated carbocycles. The molecular weight excluding hydrogens is 264 g/mol. The van der Waals surface area contributed by atoms with E-state index in [1.807, 2.05) is 31.2 Å². The molecule has 0 bridgehead atoms. The predicted octanol–water partition coefficient (Wildman–Crippen LogP) is 2.86. The molecule has 1 amide bonds. The van der Waals surface area contributed by atoms with Gasteiger partial charge in [-0.15, -0.1) is 0 Å². The van der Waals surface area contributed by atoms with Crippen molar-refractivity contribution in [3.63, 3.8) is 0 Å². The number of carbonyl (C=O) groups is 1. The molecule has 21 heavy (non-hydrogen) atoms. The summed E-state index contributed by atoms with van der Waals surface area (Å²) in [6.45, 7) is 7.45. The molecule has 0 saturated heterocycles. The van der Waals surface area contributed by atoms with Crippen molar-refractivity contribution in [3.05, 3.63) is 29.8 Å². The summed E-state index contributed by atoms with van der Waals surface area (Å²) in [6, 6.07) is 7.90. The Morgan fingerprint density at radius 1 is 1.24 bits per heavy atom. The van der Waals surface area contributed by atoms with Gasteiger partial charge >= 0.3 is 0 Å². The van der Waals surface area contributed by atoms with Crippen LogP contribution in [0.4, 0.5) is 0 Å². The molecule has 0 heterocycles. The number of nitrogens with one attached hydrogen (secondary N) is 1. The van der Waals surface area contributed by atoms with Crippen molar-refractivity contribution in [2.24, 2.45) is 11.7 Å². The van der Waals surface area contributed by atoms with Gasteiger partial charge in [-0.3, -0.25) is 4.79 Å². The zero-order valence-electron chi connectivity index (χ0n) is 13.4. The minimum Gasteiger partial charge on any atom is -0.493 e. The van der Waals surface area contributed by atoms with E-state index in [9.17, 15) is 4.79 Å². The average Bonchev–Trinajstić information content (AvgIpc) is 2.43. The summed E-state index contributed by atoms with van der Waals surface area (Å²) in [5.74, 6) is 1.50. The van der Waals surface area contributed by atoms with Crippen molar-refractivity contribution >= 4 is 5.91 Å². The smallest absolute Gasteiger partial charge is 0.220 e. The van der Waals surface area contributed by atoms with Crippen molar-refractivity contribution < 1.29 is 9.53 Å². The van der Waals surface area contributed by atoms with Gasteiger partial charge in [-0.25, -0.2) is 0 Å². The zero-order valence-corrected chi connectivity index (χ0v) is 13.4. The largest absolute Gasteiger partial charge is 0.493 e. The molecule has 0 aromatic heterocycles. The standard InChI is InChI=1S/C17H28N2O2/c1-13(2)10-11-21-16-7-5-4-6-15(16)12-19-17(20)9-8-14(3)18/h4-7,13-14H,8-12,18H2,1-3H3,(H,19,20). The topological polar surface area (TPSA) is 64.3 Å². The number of amides is 1. The molecule has 1 atom stereocenters. The molecule has 0 fully saturated rings. The molecule has 4 nitrogen and oxygen atoms in total. The molecule has 0 aliphatic heterocycles. The monoisotopic (exact) mass is 292 g/mol. The Bertz CT molecular complexity index is 431. The highest BCUT2D eigenvalue weighted by Gasteiger charge is 2.07. The molecule has 3 N–H and O–H groups in total. The lowest BCUT2D eigenvalue weighted by molar-refractivity contribution is -0.121. The van der Waals surface area contributed by atoms with Crippen LogP contribution < -0.4 is 15.8 Å². The van der Waals surface area contributed by atoms with E-state index in [-0.39, 0.29) is 11.9 Å². The second kappa shape index (κ2) is 9.40. The number of carbonyl (C=O) groups excluding carboxylic acids is 1. The van der Waals surface area contributed by atoms with Crippen LogP contribution in [0.5, 0.6) is 5.75 Å².